The summed E-state index contributed by atoms with van der Waals surface area (Å²) in [5.41, 5.74) is 5.34. The highest BCUT2D eigenvalue weighted by molar-refractivity contribution is 6.00. The number of para-hydroxylation sites is 1. The zero-order valence-corrected chi connectivity index (χ0v) is 10.0. The molecule has 0 aliphatic carbocycles. The standard InChI is InChI=1S/C11H15N3O4/c1-6(10(12)13-18)14(2)11(17)7-4-3-5-8(15)9(7)16/h3-6,15-16,18H,1-2H3,(H2,12,13). The van der Waals surface area contributed by atoms with Gasteiger partial charge in [0.1, 0.15) is 0 Å². The largest absolute Gasteiger partial charge is 0.504 e. The van der Waals surface area contributed by atoms with Crippen molar-refractivity contribution < 1.29 is 20.2 Å². The normalized spacial score (nSPS) is 13.1. The van der Waals surface area contributed by atoms with Crippen molar-refractivity contribution in [2.45, 2.75) is 13.0 Å². The van der Waals surface area contributed by atoms with Crippen molar-refractivity contribution in [2.75, 3.05) is 7.05 Å². The first-order valence-electron chi connectivity index (χ1n) is 5.15. The van der Waals surface area contributed by atoms with E-state index in [1.54, 1.807) is 6.92 Å². The molecule has 5 N–H and O–H groups in total. The number of carbonyl (C=O) groups is 1. The minimum absolute atomic E-state index is 0.0601. The van der Waals surface area contributed by atoms with Gasteiger partial charge in [0.2, 0.25) is 0 Å². The van der Waals surface area contributed by atoms with Gasteiger partial charge in [-0.25, -0.2) is 0 Å². The average molecular weight is 253 g/mol. The molecule has 0 saturated carbocycles. The quantitative estimate of drug-likeness (QED) is 0.203. The molecule has 0 aliphatic heterocycles. The molecular formula is C11H15N3O4. The predicted molar refractivity (Wildman–Crippen MR) is 64.7 cm³/mol. The van der Waals surface area contributed by atoms with Gasteiger partial charge in [0.25, 0.3) is 5.91 Å². The second-order valence-corrected chi connectivity index (χ2v) is 3.79. The fourth-order valence-electron chi connectivity index (χ4n) is 1.35. The van der Waals surface area contributed by atoms with Gasteiger partial charge in [-0.05, 0) is 19.1 Å². The summed E-state index contributed by atoms with van der Waals surface area (Å²) < 4.78 is 0. The van der Waals surface area contributed by atoms with E-state index in [0.717, 1.165) is 0 Å². The Balaban J connectivity index is 3.04. The van der Waals surface area contributed by atoms with Crippen LogP contribution in [0.25, 0.3) is 0 Å². The maximum Gasteiger partial charge on any atom is 0.258 e. The number of amidine groups is 1. The Morgan fingerprint density at radius 3 is 2.61 bits per heavy atom. The zero-order chi connectivity index (χ0) is 13.9. The SMILES string of the molecule is CC(/C(N)=N/O)N(C)C(=O)c1cccc(O)c1O. The Hall–Kier alpha value is -2.44. The van der Waals surface area contributed by atoms with E-state index in [2.05, 4.69) is 5.16 Å². The summed E-state index contributed by atoms with van der Waals surface area (Å²) in [7, 11) is 1.44. The van der Waals surface area contributed by atoms with Crippen LogP contribution in [0.5, 0.6) is 11.5 Å². The van der Waals surface area contributed by atoms with E-state index < -0.39 is 17.7 Å². The summed E-state index contributed by atoms with van der Waals surface area (Å²) in [4.78, 5) is 13.2. The van der Waals surface area contributed by atoms with Gasteiger partial charge in [0, 0.05) is 7.05 Å². The van der Waals surface area contributed by atoms with Crippen LogP contribution in [0, 0.1) is 0 Å². The lowest BCUT2D eigenvalue weighted by atomic mass is 10.1. The number of nitrogens with zero attached hydrogens (tertiary/aromatic N) is 2. The van der Waals surface area contributed by atoms with E-state index in [-0.39, 0.29) is 17.1 Å². The van der Waals surface area contributed by atoms with Crippen molar-refractivity contribution in [2.24, 2.45) is 10.9 Å². The van der Waals surface area contributed by atoms with E-state index in [9.17, 15) is 15.0 Å². The lowest BCUT2D eigenvalue weighted by molar-refractivity contribution is 0.0772. The van der Waals surface area contributed by atoms with Crippen LogP contribution < -0.4 is 5.73 Å². The van der Waals surface area contributed by atoms with Crippen molar-refractivity contribution in [3.8, 4) is 11.5 Å². The van der Waals surface area contributed by atoms with Gasteiger partial charge in [-0.1, -0.05) is 11.2 Å². The van der Waals surface area contributed by atoms with Gasteiger partial charge in [-0.15, -0.1) is 0 Å². The molecule has 0 heterocycles. The van der Waals surface area contributed by atoms with Crippen LogP contribution in [-0.4, -0.2) is 45.2 Å². The summed E-state index contributed by atoms with van der Waals surface area (Å²) in [6.45, 7) is 1.56. The minimum atomic E-state index is -0.649. The first kappa shape index (κ1) is 13.6. The molecule has 7 heteroatoms. The average Bonchev–Trinajstić information content (AvgIpc) is 2.38. The number of hydrogen-bond donors (Lipinski definition) is 4. The third kappa shape index (κ3) is 2.45. The summed E-state index contributed by atoms with van der Waals surface area (Å²) in [6, 6.07) is 3.42. The number of nitrogens with two attached hydrogens (primary N) is 1. The monoisotopic (exact) mass is 253 g/mol. The van der Waals surface area contributed by atoms with Crippen LogP contribution >= 0.6 is 0 Å². The highest BCUT2D eigenvalue weighted by Crippen LogP contribution is 2.29. The van der Waals surface area contributed by atoms with Gasteiger partial charge in [0.05, 0.1) is 11.6 Å². The Labute approximate surface area is 104 Å². The molecule has 1 aromatic rings. The van der Waals surface area contributed by atoms with E-state index in [0.29, 0.717) is 0 Å². The highest BCUT2D eigenvalue weighted by Gasteiger charge is 2.23. The molecule has 98 valence electrons. The fraction of sp³-hybridized carbons (Fsp3) is 0.273. The summed E-state index contributed by atoms with van der Waals surface area (Å²) in [5.74, 6) is -1.57. The summed E-state index contributed by atoms with van der Waals surface area (Å²) in [5, 5.41) is 30.3. The van der Waals surface area contributed by atoms with Crippen LogP contribution in [0.1, 0.15) is 17.3 Å². The van der Waals surface area contributed by atoms with E-state index in [4.69, 9.17) is 10.9 Å². The molecule has 0 spiro atoms. The van der Waals surface area contributed by atoms with E-state index >= 15 is 0 Å². The number of hydrogen-bond acceptors (Lipinski definition) is 5. The molecule has 1 atom stereocenters. The number of aromatic hydroxyl groups is 2. The van der Waals surface area contributed by atoms with Gasteiger partial charge in [0.15, 0.2) is 17.3 Å². The highest BCUT2D eigenvalue weighted by atomic mass is 16.4. The molecule has 7 nitrogen and oxygen atoms in total. The Bertz CT molecular complexity index is 487. The number of phenolic OH excluding ortho intramolecular Hbond substituents is 2. The third-order valence-corrected chi connectivity index (χ3v) is 2.69. The minimum Gasteiger partial charge on any atom is -0.504 e. The van der Waals surface area contributed by atoms with Gasteiger partial charge in [-0.2, -0.15) is 0 Å². The Morgan fingerprint density at radius 2 is 2.06 bits per heavy atom. The van der Waals surface area contributed by atoms with Gasteiger partial charge in [-0.3, -0.25) is 4.79 Å². The molecular weight excluding hydrogens is 238 g/mol. The molecule has 1 aromatic carbocycles. The third-order valence-electron chi connectivity index (χ3n) is 2.69. The van der Waals surface area contributed by atoms with E-state index in [1.165, 1.54) is 30.1 Å². The van der Waals surface area contributed by atoms with Crippen LogP contribution in [0.3, 0.4) is 0 Å². The Morgan fingerprint density at radius 1 is 1.44 bits per heavy atom. The van der Waals surface area contributed by atoms with Crippen molar-refractivity contribution in [1.29, 1.82) is 0 Å². The molecule has 1 unspecified atom stereocenters. The molecule has 0 radical (unpaired) electrons. The van der Waals surface area contributed by atoms with Crippen LogP contribution in [0.15, 0.2) is 23.4 Å². The van der Waals surface area contributed by atoms with Crippen molar-refractivity contribution in [3.63, 3.8) is 0 Å². The molecule has 0 saturated heterocycles. The van der Waals surface area contributed by atoms with Crippen molar-refractivity contribution >= 4 is 11.7 Å². The predicted octanol–water partition coefficient (Wildman–Crippen LogP) is 0.305. The van der Waals surface area contributed by atoms with E-state index in [1.807, 2.05) is 0 Å². The van der Waals surface area contributed by atoms with Crippen molar-refractivity contribution in [3.05, 3.63) is 23.8 Å². The number of phenols is 2. The summed E-state index contributed by atoms with van der Waals surface area (Å²) >= 11 is 0. The number of likely N-dealkylation sites (N-methyl/N-ethyl adjacent to an activating group) is 1. The molecule has 0 aliphatic rings. The zero-order valence-electron chi connectivity index (χ0n) is 10.0. The number of rotatable bonds is 3. The maximum atomic E-state index is 12.0. The maximum absolute atomic E-state index is 12.0. The lowest BCUT2D eigenvalue weighted by Crippen LogP contribution is -2.43. The molecule has 0 bridgehead atoms. The molecule has 0 aromatic heterocycles. The number of carbonyl (C=O) groups excluding carboxylic acids is 1. The number of oxime groups is 1. The molecule has 0 fully saturated rings. The number of amides is 1. The number of benzene rings is 1. The fourth-order valence-corrected chi connectivity index (χ4v) is 1.35. The lowest BCUT2D eigenvalue weighted by Gasteiger charge is -2.24. The summed E-state index contributed by atoms with van der Waals surface area (Å²) in [6.07, 6.45) is 0. The first-order chi connectivity index (χ1) is 8.40. The molecule has 1 rings (SSSR count). The Kier molecular flexibility index (Phi) is 3.98. The van der Waals surface area contributed by atoms with Gasteiger partial charge >= 0.3 is 0 Å². The van der Waals surface area contributed by atoms with Crippen LogP contribution in [0.2, 0.25) is 0 Å². The van der Waals surface area contributed by atoms with Gasteiger partial charge < -0.3 is 26.1 Å². The molecule has 18 heavy (non-hydrogen) atoms. The van der Waals surface area contributed by atoms with Crippen molar-refractivity contribution in [1.82, 2.24) is 4.90 Å². The second kappa shape index (κ2) is 5.26. The molecule has 1 amide bonds. The smallest absolute Gasteiger partial charge is 0.258 e. The van der Waals surface area contributed by atoms with Crippen LogP contribution in [-0.2, 0) is 0 Å². The topological polar surface area (TPSA) is 119 Å². The second-order valence-electron chi connectivity index (χ2n) is 3.79. The first-order valence-corrected chi connectivity index (χ1v) is 5.15. The van der Waals surface area contributed by atoms with Crippen LogP contribution in [0.4, 0.5) is 0 Å².